The minimum Gasteiger partial charge on any atom is -0.497 e. The third-order valence-corrected chi connectivity index (χ3v) is 5.79. The molecule has 2 aromatic carbocycles. The first kappa shape index (κ1) is 16.8. The average molecular weight is 364 g/mol. The van der Waals surface area contributed by atoms with E-state index < -0.39 is 0 Å². The molecular weight excluding hydrogens is 344 g/mol. The van der Waals surface area contributed by atoms with Crippen LogP contribution in [0.25, 0.3) is 10.6 Å². The number of rotatable bonds is 6. The summed E-state index contributed by atoms with van der Waals surface area (Å²) in [5.74, 6) is 0.696. The molecule has 1 saturated carbocycles. The van der Waals surface area contributed by atoms with E-state index >= 15 is 0 Å². The van der Waals surface area contributed by atoms with Gasteiger partial charge in [0.1, 0.15) is 16.5 Å². The SMILES string of the molecule is COc1ccc(-c2nc(C(=O)NCC3(c4ccccc4)CC3)cs2)cc1. The molecule has 1 aliphatic carbocycles. The van der Waals surface area contributed by atoms with Gasteiger partial charge in [-0.15, -0.1) is 11.3 Å². The smallest absolute Gasteiger partial charge is 0.270 e. The van der Waals surface area contributed by atoms with Gasteiger partial charge in [0.25, 0.3) is 5.91 Å². The number of aromatic nitrogens is 1. The largest absolute Gasteiger partial charge is 0.497 e. The van der Waals surface area contributed by atoms with Gasteiger partial charge in [-0.3, -0.25) is 4.79 Å². The van der Waals surface area contributed by atoms with Gasteiger partial charge >= 0.3 is 0 Å². The molecule has 1 aliphatic rings. The average Bonchev–Trinajstić information content (AvgIpc) is 3.34. The number of benzene rings is 2. The molecule has 1 amide bonds. The standard InChI is InChI=1S/C21H20N2O2S/c1-25-17-9-7-15(8-10-17)20-23-18(13-26-20)19(24)22-14-21(11-12-21)16-5-3-2-4-6-16/h2-10,13H,11-12,14H2,1H3,(H,22,24). The van der Waals surface area contributed by atoms with Crippen molar-refractivity contribution in [3.63, 3.8) is 0 Å². The van der Waals surface area contributed by atoms with E-state index in [1.54, 1.807) is 7.11 Å². The van der Waals surface area contributed by atoms with Crippen LogP contribution in [0.5, 0.6) is 5.75 Å². The Morgan fingerprint density at radius 2 is 1.88 bits per heavy atom. The number of carbonyl (C=O) groups is 1. The van der Waals surface area contributed by atoms with Gasteiger partial charge in [0, 0.05) is 22.9 Å². The van der Waals surface area contributed by atoms with Crippen molar-refractivity contribution < 1.29 is 9.53 Å². The number of hydrogen-bond acceptors (Lipinski definition) is 4. The summed E-state index contributed by atoms with van der Waals surface area (Å²) < 4.78 is 5.17. The number of hydrogen-bond donors (Lipinski definition) is 1. The predicted octanol–water partition coefficient (Wildman–Crippen LogP) is 4.28. The number of thiazole rings is 1. The molecule has 0 saturated heterocycles. The molecule has 1 aromatic heterocycles. The topological polar surface area (TPSA) is 51.2 Å². The van der Waals surface area contributed by atoms with Gasteiger partial charge in [-0.25, -0.2) is 4.98 Å². The number of nitrogens with one attached hydrogen (secondary N) is 1. The normalized spacial score (nSPS) is 14.7. The van der Waals surface area contributed by atoms with E-state index in [4.69, 9.17) is 4.74 Å². The summed E-state index contributed by atoms with van der Waals surface area (Å²) in [5, 5.41) is 5.72. The van der Waals surface area contributed by atoms with Crippen molar-refractivity contribution in [2.24, 2.45) is 0 Å². The first-order valence-electron chi connectivity index (χ1n) is 8.64. The Kier molecular flexibility index (Phi) is 4.47. The van der Waals surface area contributed by atoms with Crippen LogP contribution in [-0.2, 0) is 5.41 Å². The first-order valence-corrected chi connectivity index (χ1v) is 9.52. The fourth-order valence-electron chi connectivity index (χ4n) is 3.09. The van der Waals surface area contributed by atoms with E-state index in [1.807, 2.05) is 35.7 Å². The van der Waals surface area contributed by atoms with Gasteiger partial charge in [0.15, 0.2) is 0 Å². The van der Waals surface area contributed by atoms with Crippen LogP contribution in [0.4, 0.5) is 0 Å². The second-order valence-corrected chi connectivity index (χ2v) is 7.45. The Hall–Kier alpha value is -2.66. The number of nitrogens with zero attached hydrogens (tertiary/aromatic N) is 1. The molecule has 1 N–H and O–H groups in total. The lowest BCUT2D eigenvalue weighted by molar-refractivity contribution is 0.0945. The Balaban J connectivity index is 1.42. The lowest BCUT2D eigenvalue weighted by Gasteiger charge is -2.16. The molecule has 4 nitrogen and oxygen atoms in total. The number of carbonyl (C=O) groups excluding carboxylic acids is 1. The van der Waals surface area contributed by atoms with E-state index in [0.29, 0.717) is 12.2 Å². The Morgan fingerprint density at radius 3 is 2.54 bits per heavy atom. The van der Waals surface area contributed by atoms with Crippen LogP contribution in [0.15, 0.2) is 60.0 Å². The van der Waals surface area contributed by atoms with Gasteiger partial charge in [0.05, 0.1) is 7.11 Å². The molecule has 132 valence electrons. The Labute approximate surface area is 156 Å². The maximum Gasteiger partial charge on any atom is 0.270 e. The summed E-state index contributed by atoms with van der Waals surface area (Å²) in [6.45, 7) is 0.658. The van der Waals surface area contributed by atoms with Crippen molar-refractivity contribution in [2.45, 2.75) is 18.3 Å². The van der Waals surface area contributed by atoms with Gasteiger partial charge in [-0.1, -0.05) is 30.3 Å². The second kappa shape index (κ2) is 6.92. The van der Waals surface area contributed by atoms with Crippen LogP contribution in [-0.4, -0.2) is 24.5 Å². The van der Waals surface area contributed by atoms with Crippen LogP contribution in [0, 0.1) is 0 Å². The van der Waals surface area contributed by atoms with Crippen molar-refractivity contribution in [3.05, 3.63) is 71.2 Å². The van der Waals surface area contributed by atoms with Crippen molar-refractivity contribution in [1.29, 1.82) is 0 Å². The van der Waals surface area contributed by atoms with Crippen molar-refractivity contribution in [3.8, 4) is 16.3 Å². The number of methoxy groups -OCH3 is 1. The molecule has 1 heterocycles. The third kappa shape index (κ3) is 3.35. The summed E-state index contributed by atoms with van der Waals surface area (Å²) in [6, 6.07) is 18.1. The highest BCUT2D eigenvalue weighted by molar-refractivity contribution is 7.13. The van der Waals surface area contributed by atoms with Crippen molar-refractivity contribution >= 4 is 17.2 Å². The van der Waals surface area contributed by atoms with Crippen LogP contribution in [0.1, 0.15) is 28.9 Å². The fourth-order valence-corrected chi connectivity index (χ4v) is 3.90. The highest BCUT2D eigenvalue weighted by atomic mass is 32.1. The molecule has 3 aromatic rings. The molecule has 0 spiro atoms. The zero-order valence-corrected chi connectivity index (χ0v) is 15.4. The zero-order valence-electron chi connectivity index (χ0n) is 14.6. The molecule has 4 rings (SSSR count). The van der Waals surface area contributed by atoms with E-state index in [9.17, 15) is 4.79 Å². The molecule has 0 atom stereocenters. The van der Waals surface area contributed by atoms with Gasteiger partial charge in [-0.2, -0.15) is 0 Å². The van der Waals surface area contributed by atoms with Crippen molar-refractivity contribution in [2.75, 3.05) is 13.7 Å². The molecule has 0 radical (unpaired) electrons. The van der Waals surface area contributed by atoms with Crippen LogP contribution >= 0.6 is 11.3 Å². The third-order valence-electron chi connectivity index (χ3n) is 4.90. The maximum absolute atomic E-state index is 12.5. The molecule has 5 heteroatoms. The summed E-state index contributed by atoms with van der Waals surface area (Å²) in [4.78, 5) is 17.0. The van der Waals surface area contributed by atoms with Gasteiger partial charge in [-0.05, 0) is 42.7 Å². The van der Waals surface area contributed by atoms with Gasteiger partial charge in [0.2, 0.25) is 0 Å². The molecule has 0 aliphatic heterocycles. The zero-order chi connectivity index (χ0) is 18.0. The highest BCUT2D eigenvalue weighted by Crippen LogP contribution is 2.47. The Bertz CT molecular complexity index is 899. The quantitative estimate of drug-likeness (QED) is 0.710. The van der Waals surface area contributed by atoms with Crippen molar-refractivity contribution in [1.82, 2.24) is 10.3 Å². The van der Waals surface area contributed by atoms with Crippen LogP contribution < -0.4 is 10.1 Å². The predicted molar refractivity (Wildman–Crippen MR) is 104 cm³/mol. The van der Waals surface area contributed by atoms with Crippen LogP contribution in [0.2, 0.25) is 0 Å². The monoisotopic (exact) mass is 364 g/mol. The number of ether oxygens (including phenoxy) is 1. The van der Waals surface area contributed by atoms with E-state index in [-0.39, 0.29) is 11.3 Å². The minimum absolute atomic E-state index is 0.103. The second-order valence-electron chi connectivity index (χ2n) is 6.60. The highest BCUT2D eigenvalue weighted by Gasteiger charge is 2.44. The minimum atomic E-state index is -0.108. The van der Waals surface area contributed by atoms with E-state index in [2.05, 4.69) is 34.6 Å². The Morgan fingerprint density at radius 1 is 1.15 bits per heavy atom. The van der Waals surface area contributed by atoms with E-state index in [0.717, 1.165) is 29.2 Å². The molecule has 26 heavy (non-hydrogen) atoms. The fraction of sp³-hybridized carbons (Fsp3) is 0.238. The summed E-state index contributed by atoms with van der Waals surface area (Å²) in [5.41, 5.74) is 2.87. The van der Waals surface area contributed by atoms with Gasteiger partial charge < -0.3 is 10.1 Å². The van der Waals surface area contributed by atoms with E-state index in [1.165, 1.54) is 16.9 Å². The maximum atomic E-state index is 12.5. The lowest BCUT2D eigenvalue weighted by Crippen LogP contribution is -2.32. The molecule has 0 unspecified atom stereocenters. The first-order chi connectivity index (χ1) is 12.7. The summed E-state index contributed by atoms with van der Waals surface area (Å²) in [7, 11) is 1.64. The summed E-state index contributed by atoms with van der Waals surface area (Å²) in [6.07, 6.45) is 2.23. The molecule has 1 fully saturated rings. The molecular formula is C21H20N2O2S. The molecule has 0 bridgehead atoms. The lowest BCUT2D eigenvalue weighted by atomic mass is 9.96. The van der Waals surface area contributed by atoms with Crippen LogP contribution in [0.3, 0.4) is 0 Å². The summed E-state index contributed by atoms with van der Waals surface area (Å²) >= 11 is 1.48. The number of amides is 1.